The van der Waals surface area contributed by atoms with Crippen LogP contribution in [0.1, 0.15) is 27.2 Å². The molecule has 0 aromatic carbocycles. The number of halogens is 1. The maximum atomic E-state index is 11.7. The van der Waals surface area contributed by atoms with Gasteiger partial charge in [-0.05, 0) is 26.3 Å². The van der Waals surface area contributed by atoms with Crippen molar-refractivity contribution in [2.24, 2.45) is 5.92 Å². The summed E-state index contributed by atoms with van der Waals surface area (Å²) in [6, 6.07) is 0. The number of ketones is 1. The van der Waals surface area contributed by atoms with Crippen molar-refractivity contribution >= 4 is 11.7 Å². The van der Waals surface area contributed by atoms with E-state index >= 15 is 0 Å². The molecule has 0 aliphatic heterocycles. The number of allylic oxidation sites excluding steroid dienone is 2. The molecule has 0 aliphatic rings. The third kappa shape index (κ3) is 7.47. The molecule has 0 spiro atoms. The number of hydrogen-bond acceptors (Lipinski definition) is 2. The van der Waals surface area contributed by atoms with Gasteiger partial charge in [0, 0.05) is 43.7 Å². The number of amides is 1. The van der Waals surface area contributed by atoms with Crippen LogP contribution in [0.15, 0.2) is 11.6 Å². The van der Waals surface area contributed by atoms with Gasteiger partial charge in [-0.1, -0.05) is 12.5 Å². The Bertz CT molecular complexity index is 241. The zero-order chi connectivity index (χ0) is 10.4. The van der Waals surface area contributed by atoms with Gasteiger partial charge in [0.2, 0.25) is 0 Å². The van der Waals surface area contributed by atoms with Crippen LogP contribution in [0.5, 0.6) is 0 Å². The van der Waals surface area contributed by atoms with Crippen molar-refractivity contribution in [3.63, 3.8) is 0 Å². The van der Waals surface area contributed by atoms with Gasteiger partial charge >= 0.3 is 0 Å². The van der Waals surface area contributed by atoms with Crippen molar-refractivity contribution in [2.45, 2.75) is 27.2 Å². The molecular formula is C9H14ArFNO2. The van der Waals surface area contributed by atoms with Gasteiger partial charge in [-0.2, -0.15) is 5.54 Å². The molecule has 0 unspecified atom stereocenters. The maximum Gasteiger partial charge on any atom is 0.250 e. The first-order valence-corrected chi connectivity index (χ1v) is 4.05. The van der Waals surface area contributed by atoms with Crippen molar-refractivity contribution in [2.75, 3.05) is 0 Å². The largest absolute Gasteiger partial charge is 0.295 e. The third-order valence-electron chi connectivity index (χ3n) is 1.62. The monoisotopic (exact) mass is 227 g/mol. The Hall–Kier alpha value is 0.0697. The fourth-order valence-electron chi connectivity index (χ4n) is 1.07. The first-order chi connectivity index (χ1) is 5.97. The molecular weight excluding hydrogens is 213 g/mol. The normalized spacial score (nSPS) is 12.7. The molecule has 0 aromatic rings. The SMILES string of the molecule is CC(=O)/C=C(\C)C[C@H](C)C(=O)NF.[Ar]. The Balaban J connectivity index is 0. The van der Waals surface area contributed by atoms with E-state index in [1.165, 1.54) is 13.0 Å². The molecule has 0 saturated heterocycles. The maximum absolute atomic E-state index is 11.7. The van der Waals surface area contributed by atoms with E-state index in [9.17, 15) is 14.1 Å². The number of rotatable bonds is 4. The topological polar surface area (TPSA) is 46.2 Å². The standard InChI is InChI=1S/C9H14FNO2.Ar/c1-6(5-8(3)12)4-7(2)9(13)11-10;/h5,7H,4H2,1-3H3,(H,11,13);/b6-5+;/t7-;/m0./s1. The summed E-state index contributed by atoms with van der Waals surface area (Å²) in [5.74, 6) is -1.16. The van der Waals surface area contributed by atoms with E-state index in [4.69, 9.17) is 0 Å². The third-order valence-corrected chi connectivity index (χ3v) is 1.62. The molecule has 0 heterocycles. The van der Waals surface area contributed by atoms with Crippen LogP contribution in [-0.4, -0.2) is 11.7 Å². The van der Waals surface area contributed by atoms with Gasteiger partial charge in [0.25, 0.3) is 5.91 Å². The first kappa shape index (κ1) is 16.5. The van der Waals surface area contributed by atoms with Crippen LogP contribution in [0.25, 0.3) is 0 Å². The van der Waals surface area contributed by atoms with Gasteiger partial charge in [-0.15, -0.1) is 4.48 Å². The van der Waals surface area contributed by atoms with E-state index in [2.05, 4.69) is 0 Å². The van der Waals surface area contributed by atoms with Gasteiger partial charge in [0.1, 0.15) is 0 Å². The van der Waals surface area contributed by atoms with Crippen LogP contribution in [0.3, 0.4) is 0 Å². The molecule has 0 bridgehead atoms. The number of carbonyl (C=O) groups is 2. The zero-order valence-corrected chi connectivity index (χ0v) is 9.12. The molecule has 0 aromatic heterocycles. The molecule has 3 nitrogen and oxygen atoms in total. The van der Waals surface area contributed by atoms with E-state index in [-0.39, 0.29) is 43.5 Å². The van der Waals surface area contributed by atoms with Crippen LogP contribution in [0.4, 0.5) is 4.48 Å². The molecule has 0 radical (unpaired) electrons. The van der Waals surface area contributed by atoms with E-state index in [1.54, 1.807) is 13.8 Å². The molecule has 0 fully saturated rings. The summed E-state index contributed by atoms with van der Waals surface area (Å²) in [6.07, 6.45) is 1.84. The van der Waals surface area contributed by atoms with Gasteiger partial charge in [0.05, 0.1) is 0 Å². The van der Waals surface area contributed by atoms with Gasteiger partial charge in [-0.25, -0.2) is 0 Å². The smallest absolute Gasteiger partial charge is 0.250 e. The minimum absolute atomic E-state index is 0. The molecule has 0 saturated carbocycles. The summed E-state index contributed by atoms with van der Waals surface area (Å²) in [6.45, 7) is 4.78. The summed E-state index contributed by atoms with van der Waals surface area (Å²) in [5, 5.41) is 0. The fourth-order valence-corrected chi connectivity index (χ4v) is 1.07. The number of carbonyl (C=O) groups excluding carboxylic acids is 2. The summed E-state index contributed by atoms with van der Waals surface area (Å²) in [7, 11) is 0. The molecule has 14 heavy (non-hydrogen) atoms. The molecule has 1 atom stereocenters. The molecule has 1 N–H and O–H groups in total. The summed E-state index contributed by atoms with van der Waals surface area (Å²) < 4.78 is 11.7. The van der Waals surface area contributed by atoms with Crippen LogP contribution in [-0.2, 0) is 9.59 Å². The molecule has 0 rings (SSSR count). The molecule has 82 valence electrons. The minimum Gasteiger partial charge on any atom is -0.295 e. The minimum atomic E-state index is -0.656. The van der Waals surface area contributed by atoms with Crippen molar-refractivity contribution in [1.82, 2.24) is 5.54 Å². The van der Waals surface area contributed by atoms with E-state index < -0.39 is 11.8 Å². The average molecular weight is 227 g/mol. The number of nitrogens with one attached hydrogen (secondary N) is 1. The van der Waals surface area contributed by atoms with E-state index in [0.29, 0.717) is 6.42 Å². The predicted octanol–water partition coefficient (Wildman–Crippen LogP) is 1.55. The van der Waals surface area contributed by atoms with Crippen molar-refractivity contribution < 1.29 is 51.8 Å². The quantitative estimate of drug-likeness (QED) is 0.585. The van der Waals surface area contributed by atoms with Crippen LogP contribution < -0.4 is 5.54 Å². The van der Waals surface area contributed by atoms with Crippen molar-refractivity contribution in [1.29, 1.82) is 0 Å². The average Bonchev–Trinajstić information content (AvgIpc) is 2.01. The Morgan fingerprint density at radius 1 is 1.43 bits per heavy atom. The van der Waals surface area contributed by atoms with Gasteiger partial charge in [0.15, 0.2) is 5.78 Å². The van der Waals surface area contributed by atoms with Crippen LogP contribution in [0, 0.1) is 43.7 Å². The summed E-state index contributed by atoms with van der Waals surface area (Å²) in [4.78, 5) is 21.4. The number of hydrogen-bond donors (Lipinski definition) is 1. The van der Waals surface area contributed by atoms with Crippen LogP contribution >= 0.6 is 0 Å². The fraction of sp³-hybridized carbons (Fsp3) is 0.556. The molecule has 0 aliphatic carbocycles. The second kappa shape index (κ2) is 8.38. The van der Waals surface area contributed by atoms with Crippen molar-refractivity contribution in [3.05, 3.63) is 11.6 Å². The Morgan fingerprint density at radius 3 is 2.29 bits per heavy atom. The van der Waals surface area contributed by atoms with Gasteiger partial charge in [-0.3, -0.25) is 9.59 Å². The Labute approximate surface area is 113 Å². The Morgan fingerprint density at radius 2 is 1.93 bits per heavy atom. The predicted molar refractivity (Wildman–Crippen MR) is 47.5 cm³/mol. The second-order valence-electron chi connectivity index (χ2n) is 3.17. The van der Waals surface area contributed by atoms with E-state index in [0.717, 1.165) is 11.1 Å². The van der Waals surface area contributed by atoms with Gasteiger partial charge < -0.3 is 0 Å². The van der Waals surface area contributed by atoms with Crippen LogP contribution in [0.2, 0.25) is 0 Å². The summed E-state index contributed by atoms with van der Waals surface area (Å²) in [5.41, 5.74) is 1.85. The Kier molecular flexibility index (Phi) is 9.88. The molecule has 5 heteroatoms. The summed E-state index contributed by atoms with van der Waals surface area (Å²) >= 11 is 0. The van der Waals surface area contributed by atoms with E-state index in [1.807, 2.05) is 0 Å². The van der Waals surface area contributed by atoms with Crippen molar-refractivity contribution in [3.8, 4) is 0 Å². The molecule has 1 amide bonds. The second-order valence-corrected chi connectivity index (χ2v) is 3.17. The zero-order valence-electron chi connectivity index (χ0n) is 8.41. The first-order valence-electron chi connectivity index (χ1n) is 4.05.